The second-order valence-corrected chi connectivity index (χ2v) is 13.2. The van der Waals surface area contributed by atoms with Crippen LogP contribution in [0.1, 0.15) is 35.3 Å². The largest absolute Gasteiger partial charge is 0.465 e. The number of aromatic nitrogens is 6. The van der Waals surface area contributed by atoms with Crippen molar-refractivity contribution in [2.24, 2.45) is 14.1 Å². The van der Waals surface area contributed by atoms with Gasteiger partial charge in [-0.1, -0.05) is 0 Å². The molecule has 0 aliphatic carbocycles. The molecule has 0 bridgehead atoms. The summed E-state index contributed by atoms with van der Waals surface area (Å²) < 4.78 is 87.0. The molecule has 0 fully saturated rings. The monoisotopic (exact) mass is 693 g/mol. The molecule has 3 heterocycles. The fourth-order valence-electron chi connectivity index (χ4n) is 4.98. The van der Waals surface area contributed by atoms with Gasteiger partial charge in [0.2, 0.25) is 0 Å². The van der Waals surface area contributed by atoms with Gasteiger partial charge in [-0.25, -0.2) is 40.1 Å². The number of carbonyl (C=O) groups excluding carboxylic acids is 1. The molecule has 5 rings (SSSR count). The maximum atomic E-state index is 14.2. The number of alkyl halides is 4. The maximum absolute atomic E-state index is 14.2. The van der Waals surface area contributed by atoms with Crippen LogP contribution >= 0.6 is 0 Å². The van der Waals surface area contributed by atoms with E-state index < -0.39 is 50.3 Å². The first-order chi connectivity index (χ1) is 22.1. The summed E-state index contributed by atoms with van der Waals surface area (Å²) in [5.41, 5.74) is 4.11. The van der Waals surface area contributed by atoms with Crippen molar-refractivity contribution in [2.45, 2.75) is 31.6 Å². The number of hydrogen-bond acceptors (Lipinski definition) is 9. The maximum Gasteiger partial charge on any atom is 0.339 e. The lowest BCUT2D eigenvalue weighted by molar-refractivity contribution is 0.0174. The predicted molar refractivity (Wildman–Crippen MR) is 169 cm³/mol. The standard InChI is InChI=1S/C16H16F2N4O4S.C14H15F2N3O2/c1-16(17,18)11-7-12-10(6-9(11)13-4-5-19-21(13)2)14(23)22(15(24)20-12)8-27(3,25)26;1-14(15,16)10-7-11(17)9(13(20)21-3)6-8(10)12-4-5-18-19(12)2/h4-7H,8H2,1-3H3,(H,20,24);4-7H,17H2,1-3H3. The van der Waals surface area contributed by atoms with E-state index in [1.807, 2.05) is 0 Å². The molecule has 0 aliphatic heterocycles. The molecule has 0 atom stereocenters. The van der Waals surface area contributed by atoms with Gasteiger partial charge in [-0.2, -0.15) is 10.2 Å². The molecule has 13 nitrogen and oxygen atoms in total. The molecule has 5 aromatic rings. The lowest BCUT2D eigenvalue weighted by Crippen LogP contribution is -2.37. The van der Waals surface area contributed by atoms with Gasteiger partial charge < -0.3 is 15.5 Å². The van der Waals surface area contributed by atoms with Crippen LogP contribution in [0.5, 0.6) is 0 Å². The molecule has 18 heteroatoms. The Morgan fingerprint density at radius 2 is 1.42 bits per heavy atom. The van der Waals surface area contributed by atoms with Crippen molar-refractivity contribution in [3.63, 3.8) is 0 Å². The molecule has 0 unspecified atom stereocenters. The molecule has 0 saturated heterocycles. The highest BCUT2D eigenvalue weighted by Crippen LogP contribution is 2.39. The van der Waals surface area contributed by atoms with Crippen LogP contribution in [0.4, 0.5) is 23.2 Å². The minimum Gasteiger partial charge on any atom is -0.465 e. The van der Waals surface area contributed by atoms with Crippen LogP contribution < -0.4 is 17.0 Å². The van der Waals surface area contributed by atoms with Crippen molar-refractivity contribution in [3.05, 3.63) is 86.3 Å². The van der Waals surface area contributed by atoms with E-state index in [-0.39, 0.29) is 38.8 Å². The Morgan fingerprint density at radius 3 is 1.85 bits per heavy atom. The van der Waals surface area contributed by atoms with Crippen LogP contribution in [0.25, 0.3) is 33.4 Å². The molecule has 48 heavy (non-hydrogen) atoms. The normalized spacial score (nSPS) is 12.1. The second kappa shape index (κ2) is 12.7. The smallest absolute Gasteiger partial charge is 0.339 e. The van der Waals surface area contributed by atoms with Crippen molar-refractivity contribution < 1.29 is 35.5 Å². The highest BCUT2D eigenvalue weighted by molar-refractivity contribution is 7.89. The lowest BCUT2D eigenvalue weighted by Gasteiger charge is -2.18. The summed E-state index contributed by atoms with van der Waals surface area (Å²) in [5, 5.41) is 7.83. The Labute approximate surface area is 270 Å². The van der Waals surface area contributed by atoms with Gasteiger partial charge in [0.1, 0.15) is 5.88 Å². The summed E-state index contributed by atoms with van der Waals surface area (Å²) in [5.74, 6) is -7.86. The van der Waals surface area contributed by atoms with Crippen LogP contribution in [0, 0.1) is 0 Å². The Hall–Kier alpha value is -5.26. The third kappa shape index (κ3) is 7.32. The number of ether oxygens (including phenoxy) is 1. The number of hydrogen-bond donors (Lipinski definition) is 2. The van der Waals surface area contributed by atoms with E-state index in [2.05, 4.69) is 19.9 Å². The van der Waals surface area contributed by atoms with E-state index in [1.165, 1.54) is 47.1 Å². The number of nitrogens with one attached hydrogen (secondary N) is 1. The number of esters is 1. The van der Waals surface area contributed by atoms with Gasteiger partial charge in [-0.3, -0.25) is 14.2 Å². The van der Waals surface area contributed by atoms with Crippen molar-refractivity contribution in [1.29, 1.82) is 0 Å². The molecule has 3 aromatic heterocycles. The number of methoxy groups -OCH3 is 1. The van der Waals surface area contributed by atoms with Gasteiger partial charge in [-0.05, 0) is 36.4 Å². The first-order valence-corrected chi connectivity index (χ1v) is 15.9. The number of nitrogens with two attached hydrogens (primary N) is 1. The predicted octanol–water partition coefficient (Wildman–Crippen LogP) is 3.77. The number of aromatic amines is 1. The molecule has 0 aliphatic rings. The van der Waals surface area contributed by atoms with E-state index in [0.717, 1.165) is 25.3 Å². The van der Waals surface area contributed by atoms with E-state index in [0.29, 0.717) is 22.9 Å². The minimum atomic E-state index is -3.67. The van der Waals surface area contributed by atoms with Crippen molar-refractivity contribution in [1.82, 2.24) is 29.1 Å². The van der Waals surface area contributed by atoms with Crippen LogP contribution in [0.15, 0.2) is 58.4 Å². The quantitative estimate of drug-likeness (QED) is 0.146. The minimum absolute atomic E-state index is 0.0432. The molecular weight excluding hydrogens is 662 g/mol. The Balaban J connectivity index is 0.000000224. The van der Waals surface area contributed by atoms with Crippen LogP contribution in [0.2, 0.25) is 0 Å². The summed E-state index contributed by atoms with van der Waals surface area (Å²) >= 11 is 0. The number of nitrogen functional groups attached to an aromatic ring is 1. The fourth-order valence-corrected chi connectivity index (χ4v) is 5.69. The number of H-pyrrole nitrogens is 1. The van der Waals surface area contributed by atoms with E-state index >= 15 is 0 Å². The zero-order valence-corrected chi connectivity index (χ0v) is 27.3. The zero-order valence-electron chi connectivity index (χ0n) is 26.5. The number of sulfone groups is 1. The molecule has 256 valence electrons. The van der Waals surface area contributed by atoms with E-state index in [9.17, 15) is 40.4 Å². The van der Waals surface area contributed by atoms with Crippen LogP contribution in [-0.2, 0) is 46.4 Å². The van der Waals surface area contributed by atoms with E-state index in [4.69, 9.17) is 5.73 Å². The number of anilines is 1. The summed E-state index contributed by atoms with van der Waals surface area (Å²) in [7, 11) is 0.716. The Morgan fingerprint density at radius 1 is 0.917 bits per heavy atom. The number of nitrogens with zero attached hydrogens (tertiary/aromatic N) is 5. The number of rotatable bonds is 7. The second-order valence-electron chi connectivity index (χ2n) is 11.1. The summed E-state index contributed by atoms with van der Waals surface area (Å²) in [6, 6.07) is 7.76. The van der Waals surface area contributed by atoms with Gasteiger partial charge in [0.05, 0.1) is 35.0 Å². The highest BCUT2D eigenvalue weighted by Gasteiger charge is 2.32. The van der Waals surface area contributed by atoms with Crippen molar-refractivity contribution in [2.75, 3.05) is 19.1 Å². The average Bonchev–Trinajstić information content (AvgIpc) is 3.60. The first-order valence-electron chi connectivity index (χ1n) is 13.9. The summed E-state index contributed by atoms with van der Waals surface area (Å²) in [4.78, 5) is 38.8. The van der Waals surface area contributed by atoms with Gasteiger partial charge in [0, 0.05) is 74.5 Å². The van der Waals surface area contributed by atoms with Crippen LogP contribution in [0.3, 0.4) is 0 Å². The molecule has 0 radical (unpaired) electrons. The number of aryl methyl sites for hydroxylation is 2. The van der Waals surface area contributed by atoms with Gasteiger partial charge in [0.25, 0.3) is 17.4 Å². The third-order valence-electron chi connectivity index (χ3n) is 7.22. The van der Waals surface area contributed by atoms with Crippen LogP contribution in [-0.4, -0.2) is 56.9 Å². The SMILES string of the molecule is COC(=O)c1cc(-c2ccnn2C)c(C(C)(F)F)cc1N.Cn1nccc1-c1cc2c(=O)n(CS(C)(=O)=O)c(=O)[nH]c2cc1C(C)(F)F. The number of carbonyl (C=O) groups is 1. The molecule has 0 amide bonds. The highest BCUT2D eigenvalue weighted by atomic mass is 32.2. The van der Waals surface area contributed by atoms with Gasteiger partial charge in [0.15, 0.2) is 9.84 Å². The summed E-state index contributed by atoms with van der Waals surface area (Å²) in [6.45, 7) is 1.48. The average molecular weight is 694 g/mol. The molecule has 3 N–H and O–H groups in total. The molecule has 0 saturated carbocycles. The number of benzene rings is 2. The summed E-state index contributed by atoms with van der Waals surface area (Å²) in [6.07, 6.45) is 3.79. The Bertz CT molecular complexity index is 2260. The number of fused-ring (bicyclic) bond motifs is 1. The number of halogens is 4. The van der Waals surface area contributed by atoms with Gasteiger partial charge >= 0.3 is 11.7 Å². The third-order valence-corrected chi connectivity index (χ3v) is 7.95. The topological polar surface area (TPSA) is 177 Å². The van der Waals surface area contributed by atoms with Gasteiger partial charge in [-0.15, -0.1) is 0 Å². The molecular formula is C30H31F4N7O6S. The van der Waals surface area contributed by atoms with E-state index in [1.54, 1.807) is 20.2 Å². The zero-order chi connectivity index (χ0) is 35.9. The Kier molecular flexibility index (Phi) is 9.45. The molecule has 2 aromatic carbocycles. The molecule has 0 spiro atoms. The van der Waals surface area contributed by atoms with Crippen molar-refractivity contribution >= 4 is 32.4 Å². The van der Waals surface area contributed by atoms with Crippen molar-refractivity contribution in [3.8, 4) is 22.5 Å². The lowest BCUT2D eigenvalue weighted by atomic mass is 9.96. The fraction of sp³-hybridized carbons (Fsp3) is 0.300. The first kappa shape index (κ1) is 35.6.